The summed E-state index contributed by atoms with van der Waals surface area (Å²) in [6, 6.07) is 3.62. The standard InChI is InChI=1S/C18H18F3N5O2/c1-9-10(2)26-13-14(23(3)17(28)24(4)15(13)27)22-16(26)25(9)12-7-5-11(6-8-12)18(19,20)21/h5-8,13-14H,1-4H3. The van der Waals surface area contributed by atoms with Gasteiger partial charge in [0, 0.05) is 31.2 Å². The Labute approximate surface area is 159 Å². The Morgan fingerprint density at radius 1 is 1.00 bits per heavy atom. The fourth-order valence-corrected chi connectivity index (χ4v) is 3.81. The second kappa shape index (κ2) is 5.73. The Hall–Kier alpha value is -3.04. The normalized spacial score (nSPS) is 24.9. The predicted octanol–water partition coefficient (Wildman–Crippen LogP) is 2.67. The number of nitrogens with zero attached hydrogens (tertiary/aromatic N) is 5. The highest BCUT2D eigenvalue weighted by atomic mass is 19.4. The van der Waals surface area contributed by atoms with Crippen molar-refractivity contribution < 1.29 is 22.8 Å². The third kappa shape index (κ3) is 2.33. The molecular formula is C18H18F3N5O2. The molecule has 1 aromatic carbocycles. The van der Waals surface area contributed by atoms with Gasteiger partial charge in [0.15, 0.2) is 12.2 Å². The number of urea groups is 1. The molecule has 3 heterocycles. The number of aliphatic imine (C=N–C) groups is 1. The summed E-state index contributed by atoms with van der Waals surface area (Å²) in [6.45, 7) is 3.63. The maximum atomic E-state index is 12.9. The summed E-state index contributed by atoms with van der Waals surface area (Å²) in [6.07, 6.45) is -5.11. The minimum absolute atomic E-state index is 0.367. The Morgan fingerprint density at radius 3 is 2.18 bits per heavy atom. The molecule has 0 aromatic heterocycles. The number of benzene rings is 1. The third-order valence-electron chi connectivity index (χ3n) is 5.47. The van der Waals surface area contributed by atoms with Gasteiger partial charge in [0.1, 0.15) is 0 Å². The molecule has 3 aliphatic heterocycles. The van der Waals surface area contributed by atoms with Crippen molar-refractivity contribution in [1.29, 1.82) is 0 Å². The Morgan fingerprint density at radius 2 is 1.61 bits per heavy atom. The van der Waals surface area contributed by atoms with Gasteiger partial charge in [-0.2, -0.15) is 13.2 Å². The number of hydrogen-bond donors (Lipinski definition) is 0. The van der Waals surface area contributed by atoms with Gasteiger partial charge in [-0.25, -0.2) is 9.79 Å². The molecule has 2 atom stereocenters. The number of alkyl halides is 3. The molecule has 0 radical (unpaired) electrons. The monoisotopic (exact) mass is 393 g/mol. The molecular weight excluding hydrogens is 375 g/mol. The summed E-state index contributed by atoms with van der Waals surface area (Å²) in [7, 11) is 2.99. The maximum absolute atomic E-state index is 12.9. The first kappa shape index (κ1) is 18.3. The number of hydrogen-bond acceptors (Lipinski definition) is 5. The van der Waals surface area contributed by atoms with Crippen molar-refractivity contribution in [1.82, 2.24) is 14.7 Å². The first-order valence-corrected chi connectivity index (χ1v) is 8.60. The largest absolute Gasteiger partial charge is 0.416 e. The molecule has 4 rings (SSSR count). The van der Waals surface area contributed by atoms with Crippen LogP contribution >= 0.6 is 0 Å². The van der Waals surface area contributed by atoms with Gasteiger partial charge < -0.3 is 4.90 Å². The second-order valence-corrected chi connectivity index (χ2v) is 7.00. The van der Waals surface area contributed by atoms with Crippen molar-refractivity contribution in [2.24, 2.45) is 4.99 Å². The lowest BCUT2D eigenvalue weighted by Crippen LogP contribution is -2.63. The molecule has 2 unspecified atom stereocenters. The molecule has 10 heteroatoms. The van der Waals surface area contributed by atoms with Gasteiger partial charge in [0.05, 0.1) is 5.56 Å². The maximum Gasteiger partial charge on any atom is 0.416 e. The van der Waals surface area contributed by atoms with Crippen LogP contribution in [0.4, 0.5) is 23.7 Å². The van der Waals surface area contributed by atoms with E-state index < -0.39 is 30.0 Å². The summed E-state index contributed by atoms with van der Waals surface area (Å²) in [5.41, 5.74) is 1.27. The van der Waals surface area contributed by atoms with E-state index in [0.717, 1.165) is 28.4 Å². The van der Waals surface area contributed by atoms with Crippen LogP contribution in [0.1, 0.15) is 19.4 Å². The molecule has 1 aromatic rings. The number of halogens is 3. The highest BCUT2D eigenvalue weighted by Gasteiger charge is 2.55. The molecule has 28 heavy (non-hydrogen) atoms. The zero-order valence-corrected chi connectivity index (χ0v) is 15.7. The van der Waals surface area contributed by atoms with Gasteiger partial charge in [-0.15, -0.1) is 0 Å². The number of allylic oxidation sites excluding steroid dienone is 2. The van der Waals surface area contributed by atoms with Gasteiger partial charge in [0.2, 0.25) is 5.96 Å². The van der Waals surface area contributed by atoms with Gasteiger partial charge in [-0.1, -0.05) is 0 Å². The number of carbonyl (C=O) groups is 2. The van der Waals surface area contributed by atoms with Gasteiger partial charge in [-0.3, -0.25) is 19.5 Å². The van der Waals surface area contributed by atoms with Crippen molar-refractivity contribution in [3.8, 4) is 0 Å². The number of rotatable bonds is 1. The van der Waals surface area contributed by atoms with Crippen LogP contribution in [-0.4, -0.2) is 58.9 Å². The van der Waals surface area contributed by atoms with Crippen LogP contribution in [0.25, 0.3) is 0 Å². The smallest absolute Gasteiger partial charge is 0.302 e. The Kier molecular flexibility index (Phi) is 3.75. The van der Waals surface area contributed by atoms with E-state index in [2.05, 4.69) is 4.99 Å². The molecule has 0 spiro atoms. The molecule has 1 saturated heterocycles. The average Bonchev–Trinajstić information content (AvgIpc) is 3.14. The number of likely N-dealkylation sites (N-methyl/N-ethyl adjacent to an activating group) is 2. The van der Waals surface area contributed by atoms with E-state index in [9.17, 15) is 22.8 Å². The minimum atomic E-state index is -4.42. The van der Waals surface area contributed by atoms with Gasteiger partial charge in [-0.05, 0) is 38.1 Å². The zero-order chi connectivity index (χ0) is 20.5. The average molecular weight is 393 g/mol. The van der Waals surface area contributed by atoms with E-state index in [-0.39, 0.29) is 5.91 Å². The number of amides is 3. The summed E-state index contributed by atoms with van der Waals surface area (Å²) in [4.78, 5) is 35.5. The molecule has 148 valence electrons. The van der Waals surface area contributed by atoms with Crippen molar-refractivity contribution in [3.63, 3.8) is 0 Å². The Bertz CT molecular complexity index is 938. The lowest BCUT2D eigenvalue weighted by atomic mass is 10.1. The quantitative estimate of drug-likeness (QED) is 0.736. The summed E-state index contributed by atoms with van der Waals surface area (Å²) in [5, 5.41) is 0. The van der Waals surface area contributed by atoms with E-state index in [1.54, 1.807) is 16.8 Å². The fourth-order valence-electron chi connectivity index (χ4n) is 3.81. The van der Waals surface area contributed by atoms with Crippen LogP contribution in [0.3, 0.4) is 0 Å². The van der Waals surface area contributed by atoms with E-state index in [1.807, 2.05) is 13.8 Å². The molecule has 1 fully saturated rings. The SMILES string of the molecule is CC1=C(C)N2C(=NC3C2C(=O)N(C)C(=O)N3C)N1c1ccc(C(F)(F)F)cc1. The first-order valence-electron chi connectivity index (χ1n) is 8.60. The third-order valence-corrected chi connectivity index (χ3v) is 5.47. The molecule has 7 nitrogen and oxygen atoms in total. The molecule has 0 bridgehead atoms. The van der Waals surface area contributed by atoms with Crippen molar-refractivity contribution in [2.75, 3.05) is 19.0 Å². The fraction of sp³-hybridized carbons (Fsp3) is 0.389. The van der Waals surface area contributed by atoms with Crippen molar-refractivity contribution in [3.05, 3.63) is 41.2 Å². The Balaban J connectivity index is 1.76. The van der Waals surface area contributed by atoms with Crippen LogP contribution in [0.5, 0.6) is 0 Å². The summed E-state index contributed by atoms with van der Waals surface area (Å²) >= 11 is 0. The summed E-state index contributed by atoms with van der Waals surface area (Å²) in [5.74, 6) is 0.0568. The number of anilines is 1. The number of imide groups is 1. The van der Waals surface area contributed by atoms with Crippen LogP contribution in [0, 0.1) is 0 Å². The van der Waals surface area contributed by atoms with Crippen molar-refractivity contribution in [2.45, 2.75) is 32.2 Å². The predicted molar refractivity (Wildman–Crippen MR) is 95.1 cm³/mol. The van der Waals surface area contributed by atoms with Crippen LogP contribution in [-0.2, 0) is 11.0 Å². The van der Waals surface area contributed by atoms with Crippen molar-refractivity contribution >= 4 is 23.6 Å². The number of guanidine groups is 1. The molecule has 0 saturated carbocycles. The second-order valence-electron chi connectivity index (χ2n) is 7.00. The van der Waals surface area contributed by atoms with Gasteiger partial charge in [0.25, 0.3) is 5.91 Å². The number of carbonyl (C=O) groups excluding carboxylic acids is 2. The molecule has 3 amide bonds. The lowest BCUT2D eigenvalue weighted by Gasteiger charge is -2.39. The molecule has 0 aliphatic carbocycles. The van der Waals surface area contributed by atoms with E-state index >= 15 is 0 Å². The number of fused-ring (bicyclic) bond motifs is 3. The van der Waals surface area contributed by atoms with E-state index in [1.165, 1.54) is 24.1 Å². The van der Waals surface area contributed by atoms with E-state index in [4.69, 9.17) is 0 Å². The van der Waals surface area contributed by atoms with Crippen LogP contribution < -0.4 is 4.90 Å². The molecule has 0 N–H and O–H groups in total. The highest BCUT2D eigenvalue weighted by Crippen LogP contribution is 2.40. The zero-order valence-electron chi connectivity index (χ0n) is 15.7. The topological polar surface area (TPSA) is 59.5 Å². The lowest BCUT2D eigenvalue weighted by molar-refractivity contribution is -0.137. The van der Waals surface area contributed by atoms with Crippen LogP contribution in [0.15, 0.2) is 40.7 Å². The van der Waals surface area contributed by atoms with Gasteiger partial charge >= 0.3 is 12.2 Å². The minimum Gasteiger partial charge on any atom is -0.302 e. The van der Waals surface area contributed by atoms with Crippen LogP contribution in [0.2, 0.25) is 0 Å². The summed E-state index contributed by atoms with van der Waals surface area (Å²) < 4.78 is 38.6. The first-order chi connectivity index (χ1) is 13.0. The molecule has 3 aliphatic rings. The highest BCUT2D eigenvalue weighted by molar-refractivity contribution is 6.10. The van der Waals surface area contributed by atoms with E-state index in [0.29, 0.717) is 11.6 Å².